The Morgan fingerprint density at radius 3 is 2.52 bits per heavy atom. The van der Waals surface area contributed by atoms with Crippen LogP contribution < -0.4 is 9.62 Å². The van der Waals surface area contributed by atoms with Crippen LogP contribution in [0.5, 0.6) is 0 Å². The minimum Gasteiger partial charge on any atom is -0.360 e. The molecule has 0 aliphatic carbocycles. The Labute approximate surface area is 187 Å². The molecular formula is C24H21ClN2O3S. The molecule has 0 radical (unpaired) electrons. The number of para-hydroxylation sites is 1. The molecule has 0 unspecified atom stereocenters. The normalized spacial score (nSPS) is 16.3. The van der Waals surface area contributed by atoms with Crippen LogP contribution in [0.4, 0.5) is 11.4 Å². The molecule has 0 saturated carbocycles. The monoisotopic (exact) mass is 452 g/mol. The fraction of sp³-hybridized carbons (Fsp3) is 0.125. The van der Waals surface area contributed by atoms with E-state index in [1.54, 1.807) is 36.4 Å². The summed E-state index contributed by atoms with van der Waals surface area (Å²) in [5, 5.41) is 3.47. The fourth-order valence-corrected chi connectivity index (χ4v) is 5.21. The Morgan fingerprint density at radius 1 is 1.00 bits per heavy atom. The number of allylic oxidation sites excluding steroid dienone is 1. The van der Waals surface area contributed by atoms with E-state index in [1.807, 2.05) is 44.2 Å². The third-order valence-electron chi connectivity index (χ3n) is 5.16. The van der Waals surface area contributed by atoms with E-state index >= 15 is 0 Å². The molecule has 1 heterocycles. The summed E-state index contributed by atoms with van der Waals surface area (Å²) in [6, 6.07) is 19.7. The molecule has 31 heavy (non-hydrogen) atoms. The van der Waals surface area contributed by atoms with Gasteiger partial charge in [0.15, 0.2) is 4.91 Å². The first-order chi connectivity index (χ1) is 14.8. The van der Waals surface area contributed by atoms with Crippen molar-refractivity contribution in [2.45, 2.75) is 20.4 Å². The summed E-state index contributed by atoms with van der Waals surface area (Å²) in [6.07, 6.45) is 1.25. The second-order valence-electron chi connectivity index (χ2n) is 7.46. The van der Waals surface area contributed by atoms with Crippen LogP contribution >= 0.6 is 11.6 Å². The first-order valence-electron chi connectivity index (χ1n) is 9.72. The first-order valence-corrected chi connectivity index (χ1v) is 11.5. The molecule has 5 nitrogen and oxygen atoms in total. The third-order valence-corrected chi connectivity index (χ3v) is 7.33. The largest absolute Gasteiger partial charge is 0.360 e. The van der Waals surface area contributed by atoms with Gasteiger partial charge in [-0.15, -0.1) is 0 Å². The predicted octanol–water partition coefficient (Wildman–Crippen LogP) is 5.44. The summed E-state index contributed by atoms with van der Waals surface area (Å²) in [7, 11) is -4.08. The lowest BCUT2D eigenvalue weighted by molar-refractivity contribution is 0.104. The number of nitrogens with zero attached hydrogens (tertiary/aromatic N) is 1. The van der Waals surface area contributed by atoms with Gasteiger partial charge < -0.3 is 5.32 Å². The minimum atomic E-state index is -4.08. The molecule has 3 aromatic carbocycles. The Hall–Kier alpha value is -3.09. The van der Waals surface area contributed by atoms with Crippen molar-refractivity contribution in [2.75, 3.05) is 9.62 Å². The van der Waals surface area contributed by atoms with Crippen LogP contribution in [-0.2, 0) is 16.6 Å². The van der Waals surface area contributed by atoms with Crippen LogP contribution in [0.3, 0.4) is 0 Å². The zero-order chi connectivity index (χ0) is 22.2. The summed E-state index contributed by atoms with van der Waals surface area (Å²) in [6.45, 7) is 3.95. The molecule has 0 saturated heterocycles. The number of fused-ring (bicyclic) bond motifs is 1. The number of rotatable bonds is 4. The van der Waals surface area contributed by atoms with E-state index in [-0.39, 0.29) is 11.4 Å². The number of carbonyl (C=O) groups is 1. The van der Waals surface area contributed by atoms with Gasteiger partial charge in [0.25, 0.3) is 10.0 Å². The van der Waals surface area contributed by atoms with Crippen LogP contribution in [0.15, 0.2) is 77.8 Å². The number of aryl methyl sites for hydroxylation is 2. The van der Waals surface area contributed by atoms with Gasteiger partial charge in [-0.25, -0.2) is 8.42 Å². The highest BCUT2D eigenvalue weighted by molar-refractivity contribution is 7.97. The molecular weight excluding hydrogens is 432 g/mol. The number of anilines is 2. The van der Waals surface area contributed by atoms with Crippen molar-refractivity contribution in [3.8, 4) is 0 Å². The van der Waals surface area contributed by atoms with Crippen molar-refractivity contribution in [2.24, 2.45) is 0 Å². The maximum absolute atomic E-state index is 13.5. The maximum Gasteiger partial charge on any atom is 0.270 e. The van der Waals surface area contributed by atoms with Crippen molar-refractivity contribution in [1.82, 2.24) is 0 Å². The summed E-state index contributed by atoms with van der Waals surface area (Å²) >= 11 is 6.16. The van der Waals surface area contributed by atoms with Gasteiger partial charge >= 0.3 is 0 Å². The Morgan fingerprint density at radius 2 is 1.77 bits per heavy atom. The molecule has 0 aromatic heterocycles. The molecule has 4 rings (SSSR count). The summed E-state index contributed by atoms with van der Waals surface area (Å²) < 4.78 is 28.3. The van der Waals surface area contributed by atoms with E-state index < -0.39 is 15.8 Å². The van der Waals surface area contributed by atoms with Crippen molar-refractivity contribution in [3.05, 3.63) is 105 Å². The predicted molar refractivity (Wildman–Crippen MR) is 125 cm³/mol. The lowest BCUT2D eigenvalue weighted by Gasteiger charge is -2.31. The second kappa shape index (κ2) is 8.21. The molecule has 3 aromatic rings. The highest BCUT2D eigenvalue weighted by atomic mass is 35.5. The van der Waals surface area contributed by atoms with E-state index in [0.717, 1.165) is 16.7 Å². The summed E-state index contributed by atoms with van der Waals surface area (Å²) in [5.74, 6) is -0.540. The van der Waals surface area contributed by atoms with E-state index in [2.05, 4.69) is 5.32 Å². The van der Waals surface area contributed by atoms with E-state index in [4.69, 9.17) is 11.6 Å². The van der Waals surface area contributed by atoms with E-state index in [9.17, 15) is 13.2 Å². The fourth-order valence-electron chi connectivity index (χ4n) is 3.50. The zero-order valence-corrected chi connectivity index (χ0v) is 18.7. The number of benzene rings is 3. The minimum absolute atomic E-state index is 0.127. The van der Waals surface area contributed by atoms with Crippen molar-refractivity contribution < 1.29 is 13.2 Å². The number of Topliss-reactive ketones (excluding diaryl/α,β-unsaturated/α-hetero) is 1. The van der Waals surface area contributed by atoms with Crippen molar-refractivity contribution in [3.63, 3.8) is 0 Å². The standard InChI is InChI=1S/C24H21ClN2O3S/c1-16-6-5-7-18(12-16)15-27-22-9-4-3-8-20(22)24(28)23(31(27,29)30)14-26-19-11-10-17(2)21(25)13-19/h3-14,26H,15H2,1-2H3/b23-14+. The highest BCUT2D eigenvalue weighted by Gasteiger charge is 2.40. The van der Waals surface area contributed by atoms with Crippen LogP contribution in [-0.4, -0.2) is 14.2 Å². The molecule has 0 fully saturated rings. The number of carbonyl (C=O) groups excluding carboxylic acids is 1. The number of nitrogens with one attached hydrogen (secondary N) is 1. The maximum atomic E-state index is 13.5. The van der Waals surface area contributed by atoms with Crippen LogP contribution in [0.25, 0.3) is 0 Å². The first kappa shape index (κ1) is 21.2. The molecule has 1 aliphatic rings. The molecule has 0 spiro atoms. The molecule has 0 bridgehead atoms. The van der Waals surface area contributed by atoms with E-state index in [0.29, 0.717) is 22.0 Å². The highest BCUT2D eigenvalue weighted by Crippen LogP contribution is 2.36. The molecule has 1 aliphatic heterocycles. The van der Waals surface area contributed by atoms with Crippen LogP contribution in [0.1, 0.15) is 27.0 Å². The SMILES string of the molecule is Cc1cccc(CN2c3ccccc3C(=O)/C(=C\Nc3ccc(C)c(Cl)c3)S2(=O)=O)c1. The molecule has 158 valence electrons. The van der Waals surface area contributed by atoms with Gasteiger partial charge in [-0.3, -0.25) is 9.10 Å². The van der Waals surface area contributed by atoms with Gasteiger partial charge in [0.2, 0.25) is 5.78 Å². The van der Waals surface area contributed by atoms with Gasteiger partial charge in [0.1, 0.15) is 0 Å². The molecule has 1 N–H and O–H groups in total. The molecule has 7 heteroatoms. The lowest BCUT2D eigenvalue weighted by atomic mass is 10.1. The second-order valence-corrected chi connectivity index (χ2v) is 9.70. The average Bonchev–Trinajstić information content (AvgIpc) is 2.73. The van der Waals surface area contributed by atoms with E-state index in [1.165, 1.54) is 10.5 Å². The van der Waals surface area contributed by atoms with Gasteiger partial charge in [-0.2, -0.15) is 0 Å². The van der Waals surface area contributed by atoms with Gasteiger partial charge in [0, 0.05) is 22.5 Å². The lowest BCUT2D eigenvalue weighted by Crippen LogP contribution is -2.39. The quantitative estimate of drug-likeness (QED) is 0.535. The van der Waals surface area contributed by atoms with Crippen LogP contribution in [0.2, 0.25) is 5.02 Å². The Kier molecular flexibility index (Phi) is 5.60. The molecule has 0 atom stereocenters. The van der Waals surface area contributed by atoms with Crippen molar-refractivity contribution >= 4 is 38.8 Å². The smallest absolute Gasteiger partial charge is 0.270 e. The number of halogens is 1. The number of hydrogen-bond donors (Lipinski definition) is 1. The molecule has 0 amide bonds. The van der Waals surface area contributed by atoms with Crippen LogP contribution in [0, 0.1) is 13.8 Å². The Bertz CT molecular complexity index is 1320. The van der Waals surface area contributed by atoms with Gasteiger partial charge in [0.05, 0.1) is 12.2 Å². The number of ketones is 1. The van der Waals surface area contributed by atoms with Crippen molar-refractivity contribution in [1.29, 1.82) is 0 Å². The average molecular weight is 453 g/mol. The number of hydrogen-bond acceptors (Lipinski definition) is 4. The number of sulfonamides is 1. The zero-order valence-electron chi connectivity index (χ0n) is 17.1. The summed E-state index contributed by atoms with van der Waals surface area (Å²) in [4.78, 5) is 12.8. The Balaban J connectivity index is 1.78. The van der Waals surface area contributed by atoms with Gasteiger partial charge in [-0.05, 0) is 49.2 Å². The van der Waals surface area contributed by atoms with Gasteiger partial charge in [-0.1, -0.05) is 59.6 Å². The topological polar surface area (TPSA) is 66.5 Å². The summed E-state index contributed by atoms with van der Waals surface area (Å²) in [5.41, 5.74) is 4.09. The third kappa shape index (κ3) is 4.09.